The molecular formula is C14H23NO3. The van der Waals surface area contributed by atoms with Crippen LogP contribution in [0.2, 0.25) is 0 Å². The zero-order chi connectivity index (χ0) is 13.8. The predicted molar refractivity (Wildman–Crippen MR) is 69.2 cm³/mol. The maximum absolute atomic E-state index is 12.2. The molecule has 0 aromatic carbocycles. The molecule has 18 heavy (non-hydrogen) atoms. The Morgan fingerprint density at radius 1 is 1.44 bits per heavy atom. The van der Waals surface area contributed by atoms with E-state index in [1.807, 2.05) is 0 Å². The Kier molecular flexibility index (Phi) is 2.76. The van der Waals surface area contributed by atoms with Gasteiger partial charge in [-0.1, -0.05) is 39.8 Å². The zero-order valence-corrected chi connectivity index (χ0v) is 12.2. The van der Waals surface area contributed by atoms with Gasteiger partial charge < -0.3 is 9.57 Å². The summed E-state index contributed by atoms with van der Waals surface area (Å²) in [5, 5.41) is 4.21. The van der Waals surface area contributed by atoms with Crippen molar-refractivity contribution in [1.29, 1.82) is 0 Å². The molecule has 1 heterocycles. The Balaban J connectivity index is 2.40. The topological polar surface area (TPSA) is 47.9 Å². The average Bonchev–Trinajstić information content (AvgIpc) is 2.66. The highest BCUT2D eigenvalue weighted by molar-refractivity contribution is 5.99. The van der Waals surface area contributed by atoms with Gasteiger partial charge in [0.1, 0.15) is 0 Å². The fraction of sp³-hybridized carbons (Fsp3) is 0.857. The summed E-state index contributed by atoms with van der Waals surface area (Å²) in [5.74, 6) is -0.249. The van der Waals surface area contributed by atoms with Crippen LogP contribution in [0.3, 0.4) is 0 Å². The molecule has 1 fully saturated rings. The first-order valence-corrected chi connectivity index (χ1v) is 6.47. The Hall–Kier alpha value is -1.06. The number of carbonyl (C=O) groups is 1. The minimum absolute atomic E-state index is 0.0416. The van der Waals surface area contributed by atoms with Gasteiger partial charge >= 0.3 is 5.97 Å². The minimum Gasteiger partial charge on any atom is -0.466 e. The highest BCUT2D eigenvalue weighted by atomic mass is 16.7. The largest absolute Gasteiger partial charge is 0.466 e. The van der Waals surface area contributed by atoms with Gasteiger partial charge in [0.2, 0.25) is 5.60 Å². The van der Waals surface area contributed by atoms with E-state index in [9.17, 15) is 4.79 Å². The quantitative estimate of drug-likeness (QED) is 0.675. The molecule has 0 spiro atoms. The summed E-state index contributed by atoms with van der Waals surface area (Å²) in [6.45, 7) is 10.6. The van der Waals surface area contributed by atoms with Crippen LogP contribution in [0, 0.1) is 16.7 Å². The molecule has 0 aromatic rings. The number of esters is 1. The van der Waals surface area contributed by atoms with Crippen molar-refractivity contribution in [2.45, 2.75) is 53.1 Å². The molecule has 0 N–H and O–H groups in total. The van der Waals surface area contributed by atoms with Crippen molar-refractivity contribution in [1.82, 2.24) is 0 Å². The third kappa shape index (κ3) is 1.82. The number of nitrogens with zero attached hydrogens (tertiary/aromatic N) is 1. The summed E-state index contributed by atoms with van der Waals surface area (Å²) >= 11 is 0. The fourth-order valence-corrected chi connectivity index (χ4v) is 3.32. The van der Waals surface area contributed by atoms with Gasteiger partial charge in [0.25, 0.3) is 0 Å². The molecule has 0 saturated heterocycles. The minimum atomic E-state index is -0.888. The Morgan fingerprint density at radius 2 is 2.06 bits per heavy atom. The second kappa shape index (κ2) is 3.72. The standard InChI is InChI=1S/C14H23NO3/c1-12(2,3)10-9-7-13(4,5)8-14(9,18-15-10)11(16)17-6/h9H,7-8H2,1-6H3. The molecule has 1 saturated carbocycles. The molecular weight excluding hydrogens is 230 g/mol. The summed E-state index contributed by atoms with van der Waals surface area (Å²) in [5.41, 5.74) is 0.0889. The monoisotopic (exact) mass is 253 g/mol. The molecule has 2 unspecified atom stereocenters. The van der Waals surface area contributed by atoms with E-state index in [1.165, 1.54) is 7.11 Å². The second-order valence-electron chi connectivity index (χ2n) is 7.30. The van der Waals surface area contributed by atoms with E-state index >= 15 is 0 Å². The lowest BCUT2D eigenvalue weighted by atomic mass is 9.76. The van der Waals surface area contributed by atoms with Gasteiger partial charge in [0, 0.05) is 11.8 Å². The van der Waals surface area contributed by atoms with Crippen LogP contribution in [0.15, 0.2) is 5.16 Å². The van der Waals surface area contributed by atoms with Crippen molar-refractivity contribution >= 4 is 11.7 Å². The van der Waals surface area contributed by atoms with E-state index in [1.54, 1.807) is 0 Å². The second-order valence-corrected chi connectivity index (χ2v) is 7.30. The van der Waals surface area contributed by atoms with Crippen LogP contribution < -0.4 is 0 Å². The summed E-state index contributed by atoms with van der Waals surface area (Å²) in [6, 6.07) is 0. The van der Waals surface area contributed by atoms with Gasteiger partial charge in [-0.3, -0.25) is 0 Å². The molecule has 2 rings (SSSR count). The van der Waals surface area contributed by atoms with Crippen molar-refractivity contribution < 1.29 is 14.4 Å². The maximum atomic E-state index is 12.2. The fourth-order valence-electron chi connectivity index (χ4n) is 3.32. The summed E-state index contributed by atoms with van der Waals surface area (Å²) < 4.78 is 4.96. The van der Waals surface area contributed by atoms with Crippen molar-refractivity contribution in [3.63, 3.8) is 0 Å². The Morgan fingerprint density at radius 3 is 2.56 bits per heavy atom. The van der Waals surface area contributed by atoms with Crippen LogP contribution >= 0.6 is 0 Å². The van der Waals surface area contributed by atoms with Crippen molar-refractivity contribution in [2.75, 3.05) is 7.11 Å². The third-order valence-electron chi connectivity index (χ3n) is 4.00. The number of methoxy groups -OCH3 is 1. The predicted octanol–water partition coefficient (Wildman–Crippen LogP) is 2.77. The lowest BCUT2D eigenvalue weighted by Crippen LogP contribution is -2.45. The average molecular weight is 253 g/mol. The summed E-state index contributed by atoms with van der Waals surface area (Å²) in [6.07, 6.45) is 1.58. The van der Waals surface area contributed by atoms with Crippen LogP contribution in [0.4, 0.5) is 0 Å². The summed E-state index contributed by atoms with van der Waals surface area (Å²) in [4.78, 5) is 17.8. The van der Waals surface area contributed by atoms with Crippen LogP contribution in [-0.4, -0.2) is 24.4 Å². The molecule has 2 aliphatic rings. The molecule has 4 nitrogen and oxygen atoms in total. The molecule has 0 aromatic heterocycles. The highest BCUT2D eigenvalue weighted by Gasteiger charge is 2.64. The number of fused-ring (bicyclic) bond motifs is 1. The number of hydrogen-bond donors (Lipinski definition) is 0. The van der Waals surface area contributed by atoms with Gasteiger partial charge in [0.15, 0.2) is 0 Å². The van der Waals surface area contributed by atoms with E-state index in [2.05, 4.69) is 39.8 Å². The van der Waals surface area contributed by atoms with Crippen molar-refractivity contribution in [3.8, 4) is 0 Å². The first kappa shape index (κ1) is 13.4. The van der Waals surface area contributed by atoms with Gasteiger partial charge in [-0.2, -0.15) is 0 Å². The van der Waals surface area contributed by atoms with Crippen LogP contribution in [0.25, 0.3) is 0 Å². The van der Waals surface area contributed by atoms with E-state index in [-0.39, 0.29) is 22.7 Å². The van der Waals surface area contributed by atoms with Gasteiger partial charge in [0.05, 0.1) is 18.7 Å². The van der Waals surface area contributed by atoms with E-state index in [0.29, 0.717) is 6.42 Å². The van der Waals surface area contributed by atoms with Gasteiger partial charge in [-0.05, 0) is 11.8 Å². The number of oxime groups is 1. The van der Waals surface area contributed by atoms with E-state index in [0.717, 1.165) is 12.1 Å². The maximum Gasteiger partial charge on any atom is 0.353 e. The third-order valence-corrected chi connectivity index (χ3v) is 4.00. The van der Waals surface area contributed by atoms with Crippen molar-refractivity contribution in [3.05, 3.63) is 0 Å². The normalized spacial score (nSPS) is 33.7. The smallest absolute Gasteiger partial charge is 0.353 e. The SMILES string of the molecule is COC(=O)C12CC(C)(C)CC1C(C(C)(C)C)=NO2. The first-order chi connectivity index (χ1) is 8.12. The molecule has 0 bridgehead atoms. The van der Waals surface area contributed by atoms with Crippen LogP contribution in [0.5, 0.6) is 0 Å². The molecule has 0 radical (unpaired) electrons. The molecule has 1 aliphatic carbocycles. The number of ether oxygens (including phenoxy) is 1. The molecule has 1 aliphatic heterocycles. The Labute approximate surface area is 109 Å². The molecule has 0 amide bonds. The van der Waals surface area contributed by atoms with Gasteiger partial charge in [-0.15, -0.1) is 0 Å². The van der Waals surface area contributed by atoms with Crippen LogP contribution in [0.1, 0.15) is 47.5 Å². The van der Waals surface area contributed by atoms with Crippen LogP contribution in [-0.2, 0) is 14.4 Å². The molecule has 102 valence electrons. The number of hydrogen-bond acceptors (Lipinski definition) is 4. The number of rotatable bonds is 1. The highest BCUT2D eigenvalue weighted by Crippen LogP contribution is 2.55. The van der Waals surface area contributed by atoms with Crippen molar-refractivity contribution in [2.24, 2.45) is 21.9 Å². The lowest BCUT2D eigenvalue weighted by molar-refractivity contribution is -0.169. The zero-order valence-electron chi connectivity index (χ0n) is 12.2. The van der Waals surface area contributed by atoms with E-state index in [4.69, 9.17) is 9.57 Å². The van der Waals surface area contributed by atoms with Gasteiger partial charge in [-0.25, -0.2) is 4.79 Å². The van der Waals surface area contributed by atoms with E-state index < -0.39 is 5.60 Å². The number of carbonyl (C=O) groups excluding carboxylic acids is 1. The first-order valence-electron chi connectivity index (χ1n) is 6.47. The Bertz CT molecular complexity index is 406. The lowest BCUT2D eigenvalue weighted by Gasteiger charge is -2.27. The molecule has 2 atom stereocenters. The summed E-state index contributed by atoms with van der Waals surface area (Å²) in [7, 11) is 1.41. The molecule has 4 heteroatoms.